The highest BCUT2D eigenvalue weighted by Gasteiger charge is 2.45. The van der Waals surface area contributed by atoms with Crippen LogP contribution in [0.3, 0.4) is 0 Å². The topological polar surface area (TPSA) is 62.1 Å². The normalized spacial score (nSPS) is 24.5. The van der Waals surface area contributed by atoms with Gasteiger partial charge in [-0.1, -0.05) is 30.3 Å². The molecule has 20 heavy (non-hydrogen) atoms. The minimum absolute atomic E-state index is 0.172. The summed E-state index contributed by atoms with van der Waals surface area (Å²) in [5.41, 5.74) is 0.731. The summed E-state index contributed by atoms with van der Waals surface area (Å²) in [6, 6.07) is 12.7. The van der Waals surface area contributed by atoms with Gasteiger partial charge in [0.2, 0.25) is 0 Å². The minimum Gasteiger partial charge on any atom is -0.466 e. The number of benzene rings is 1. The SMILES string of the molecule is CCOC(=O)CCNC1CC(C#N)(c2ccccc2)C1. The standard InChI is InChI=1S/C16H20N2O2/c1-2-20-15(19)8-9-18-14-10-16(11-14,12-17)13-6-4-3-5-7-13/h3-7,14,18H,2,8-11H2,1H3. The number of carbonyl (C=O) groups is 1. The molecule has 0 amide bonds. The molecule has 0 saturated heterocycles. The van der Waals surface area contributed by atoms with Crippen molar-refractivity contribution < 1.29 is 9.53 Å². The number of ether oxygens (including phenoxy) is 1. The Morgan fingerprint density at radius 1 is 1.45 bits per heavy atom. The van der Waals surface area contributed by atoms with Crippen molar-refractivity contribution in [3.05, 3.63) is 35.9 Å². The highest BCUT2D eigenvalue weighted by atomic mass is 16.5. The second kappa shape index (κ2) is 6.53. The van der Waals surface area contributed by atoms with Crippen molar-refractivity contribution in [2.45, 2.75) is 37.6 Å². The third kappa shape index (κ3) is 3.17. The summed E-state index contributed by atoms with van der Waals surface area (Å²) in [5, 5.41) is 12.8. The molecule has 0 radical (unpaired) electrons. The molecular weight excluding hydrogens is 252 g/mol. The van der Waals surface area contributed by atoms with Crippen LogP contribution in [-0.2, 0) is 14.9 Å². The molecule has 1 saturated carbocycles. The van der Waals surface area contributed by atoms with E-state index in [0.29, 0.717) is 25.6 Å². The largest absolute Gasteiger partial charge is 0.466 e. The molecule has 0 bridgehead atoms. The molecule has 1 aromatic carbocycles. The predicted octanol–water partition coefficient (Wildman–Crippen LogP) is 2.15. The van der Waals surface area contributed by atoms with Crippen LogP contribution in [0.1, 0.15) is 31.7 Å². The lowest BCUT2D eigenvalue weighted by Gasteiger charge is -2.43. The zero-order valence-corrected chi connectivity index (χ0v) is 11.8. The fourth-order valence-corrected chi connectivity index (χ4v) is 2.69. The summed E-state index contributed by atoms with van der Waals surface area (Å²) in [6.07, 6.45) is 1.99. The van der Waals surface area contributed by atoms with Crippen LogP contribution in [0, 0.1) is 11.3 Å². The van der Waals surface area contributed by atoms with E-state index in [9.17, 15) is 10.1 Å². The molecule has 1 aliphatic rings. The lowest BCUT2D eigenvalue weighted by atomic mass is 9.62. The van der Waals surface area contributed by atoms with Crippen LogP contribution in [0.15, 0.2) is 30.3 Å². The number of hydrogen-bond donors (Lipinski definition) is 1. The first kappa shape index (κ1) is 14.5. The van der Waals surface area contributed by atoms with E-state index < -0.39 is 0 Å². The monoisotopic (exact) mass is 272 g/mol. The van der Waals surface area contributed by atoms with Gasteiger partial charge in [-0.2, -0.15) is 5.26 Å². The van der Waals surface area contributed by atoms with E-state index in [0.717, 1.165) is 18.4 Å². The Kier molecular flexibility index (Phi) is 4.75. The van der Waals surface area contributed by atoms with Crippen molar-refractivity contribution in [2.75, 3.05) is 13.2 Å². The van der Waals surface area contributed by atoms with Crippen LogP contribution in [0.2, 0.25) is 0 Å². The number of esters is 1. The van der Waals surface area contributed by atoms with Crippen LogP contribution in [0.4, 0.5) is 0 Å². The molecule has 0 unspecified atom stereocenters. The van der Waals surface area contributed by atoms with Crippen molar-refractivity contribution in [1.29, 1.82) is 5.26 Å². The lowest BCUT2D eigenvalue weighted by Crippen LogP contribution is -2.51. The Hall–Kier alpha value is -1.86. The predicted molar refractivity (Wildman–Crippen MR) is 76.0 cm³/mol. The van der Waals surface area contributed by atoms with E-state index in [1.165, 1.54) is 0 Å². The molecule has 106 valence electrons. The number of nitriles is 1. The summed E-state index contributed by atoms with van der Waals surface area (Å²) < 4.78 is 4.88. The fourth-order valence-electron chi connectivity index (χ4n) is 2.69. The van der Waals surface area contributed by atoms with Crippen LogP contribution < -0.4 is 5.32 Å². The Morgan fingerprint density at radius 3 is 2.75 bits per heavy atom. The number of nitrogens with zero attached hydrogens (tertiary/aromatic N) is 1. The van der Waals surface area contributed by atoms with E-state index >= 15 is 0 Å². The number of nitrogens with one attached hydrogen (secondary N) is 1. The first-order chi connectivity index (χ1) is 9.70. The maximum absolute atomic E-state index is 11.2. The van der Waals surface area contributed by atoms with Gasteiger partial charge in [-0.25, -0.2) is 0 Å². The molecule has 0 aliphatic heterocycles. The number of rotatable bonds is 6. The Balaban J connectivity index is 1.78. The van der Waals surface area contributed by atoms with Crippen LogP contribution >= 0.6 is 0 Å². The first-order valence-corrected chi connectivity index (χ1v) is 7.06. The molecule has 0 heterocycles. The van der Waals surface area contributed by atoms with Crippen molar-refractivity contribution in [2.24, 2.45) is 0 Å². The smallest absolute Gasteiger partial charge is 0.307 e. The minimum atomic E-state index is -0.358. The van der Waals surface area contributed by atoms with Gasteiger partial charge in [0.1, 0.15) is 0 Å². The van der Waals surface area contributed by atoms with E-state index in [-0.39, 0.29) is 11.4 Å². The zero-order chi connectivity index (χ0) is 14.4. The molecule has 1 aromatic rings. The molecule has 4 nitrogen and oxygen atoms in total. The third-order valence-electron chi connectivity index (χ3n) is 3.80. The van der Waals surface area contributed by atoms with Gasteiger partial charge in [-0.3, -0.25) is 4.79 Å². The first-order valence-electron chi connectivity index (χ1n) is 7.06. The van der Waals surface area contributed by atoms with Gasteiger partial charge in [-0.15, -0.1) is 0 Å². The van der Waals surface area contributed by atoms with E-state index in [2.05, 4.69) is 11.4 Å². The van der Waals surface area contributed by atoms with E-state index in [1.807, 2.05) is 30.3 Å². The van der Waals surface area contributed by atoms with E-state index in [4.69, 9.17) is 4.74 Å². The third-order valence-corrected chi connectivity index (χ3v) is 3.80. The van der Waals surface area contributed by atoms with Crippen molar-refractivity contribution in [3.8, 4) is 6.07 Å². The average molecular weight is 272 g/mol. The van der Waals surface area contributed by atoms with Gasteiger partial charge in [0.05, 0.1) is 24.5 Å². The van der Waals surface area contributed by atoms with E-state index in [1.54, 1.807) is 6.92 Å². The maximum atomic E-state index is 11.2. The second-order valence-electron chi connectivity index (χ2n) is 5.17. The summed E-state index contributed by atoms with van der Waals surface area (Å²) in [4.78, 5) is 11.2. The van der Waals surface area contributed by atoms with Crippen LogP contribution in [0.25, 0.3) is 0 Å². The zero-order valence-electron chi connectivity index (χ0n) is 11.8. The Bertz CT molecular complexity index is 487. The number of hydrogen-bond acceptors (Lipinski definition) is 4. The van der Waals surface area contributed by atoms with Crippen molar-refractivity contribution in [1.82, 2.24) is 5.32 Å². The molecule has 0 spiro atoms. The molecule has 1 N–H and O–H groups in total. The second-order valence-corrected chi connectivity index (χ2v) is 5.17. The molecule has 4 heteroatoms. The van der Waals surface area contributed by atoms with Crippen LogP contribution in [-0.4, -0.2) is 25.2 Å². The fraction of sp³-hybridized carbons (Fsp3) is 0.500. The number of carbonyl (C=O) groups excluding carboxylic acids is 1. The van der Waals surface area contributed by atoms with Gasteiger partial charge in [-0.05, 0) is 25.3 Å². The summed E-state index contributed by atoms with van der Waals surface area (Å²) in [7, 11) is 0. The van der Waals surface area contributed by atoms with Gasteiger partial charge in [0.15, 0.2) is 0 Å². The quantitative estimate of drug-likeness (QED) is 0.806. The Labute approximate surface area is 119 Å². The highest BCUT2D eigenvalue weighted by molar-refractivity contribution is 5.69. The molecule has 1 fully saturated rings. The molecule has 0 aromatic heterocycles. The van der Waals surface area contributed by atoms with Gasteiger partial charge < -0.3 is 10.1 Å². The molecule has 2 rings (SSSR count). The van der Waals surface area contributed by atoms with Gasteiger partial charge in [0, 0.05) is 12.6 Å². The van der Waals surface area contributed by atoms with Crippen molar-refractivity contribution >= 4 is 5.97 Å². The lowest BCUT2D eigenvalue weighted by molar-refractivity contribution is -0.143. The summed E-state index contributed by atoms with van der Waals surface area (Å²) in [6.45, 7) is 2.84. The Morgan fingerprint density at radius 2 is 2.15 bits per heavy atom. The summed E-state index contributed by atoms with van der Waals surface area (Å²) >= 11 is 0. The van der Waals surface area contributed by atoms with Gasteiger partial charge in [0.25, 0.3) is 0 Å². The maximum Gasteiger partial charge on any atom is 0.307 e. The van der Waals surface area contributed by atoms with Crippen LogP contribution in [0.5, 0.6) is 0 Å². The molecule has 0 atom stereocenters. The van der Waals surface area contributed by atoms with Crippen molar-refractivity contribution in [3.63, 3.8) is 0 Å². The highest BCUT2D eigenvalue weighted by Crippen LogP contribution is 2.43. The van der Waals surface area contributed by atoms with Gasteiger partial charge >= 0.3 is 5.97 Å². The summed E-state index contributed by atoms with van der Waals surface area (Å²) in [5.74, 6) is -0.172. The average Bonchev–Trinajstić information content (AvgIpc) is 2.43. The molecule has 1 aliphatic carbocycles. The molecular formula is C16H20N2O2.